The van der Waals surface area contributed by atoms with Crippen LogP contribution in [0.5, 0.6) is 0 Å². The van der Waals surface area contributed by atoms with Gasteiger partial charge in [-0.25, -0.2) is 9.97 Å². The summed E-state index contributed by atoms with van der Waals surface area (Å²) in [5.41, 5.74) is 1.84. The van der Waals surface area contributed by atoms with E-state index in [-0.39, 0.29) is 0 Å². The molecular weight excluding hydrogens is 248 g/mol. The molecule has 2 fully saturated rings. The normalized spacial score (nSPS) is 22.3. The minimum atomic E-state index is 0.620. The summed E-state index contributed by atoms with van der Waals surface area (Å²) in [6.45, 7) is 4.37. The lowest BCUT2D eigenvalue weighted by atomic mass is 9.60. The topological polar surface area (TPSA) is 32.3 Å². The first kappa shape index (κ1) is 13.8. The molecule has 0 bridgehead atoms. The molecule has 0 N–H and O–H groups in total. The number of hydrogen-bond acceptors (Lipinski definition) is 4. The second-order valence-corrected chi connectivity index (χ2v) is 6.76. The molecular formula is C16H26N4. The Kier molecular flexibility index (Phi) is 3.67. The summed E-state index contributed by atoms with van der Waals surface area (Å²) >= 11 is 0. The third-order valence-electron chi connectivity index (χ3n) is 5.27. The molecule has 110 valence electrons. The quantitative estimate of drug-likeness (QED) is 0.847. The standard InChI is InChI=1S/C16H26N4/c1-4-13-11-17-15(18-12-13)20-7-5-16(6-8-20)9-14(10-16)19(2)3/h11-12,14H,4-10H2,1-3H3. The monoisotopic (exact) mass is 274 g/mol. The Morgan fingerprint density at radius 1 is 1.20 bits per heavy atom. The highest BCUT2D eigenvalue weighted by molar-refractivity contribution is 5.31. The lowest BCUT2D eigenvalue weighted by Crippen LogP contribution is -2.53. The molecule has 0 amide bonds. The fraction of sp³-hybridized carbons (Fsp3) is 0.750. The summed E-state index contributed by atoms with van der Waals surface area (Å²) in [6.07, 6.45) is 10.3. The average molecular weight is 274 g/mol. The highest BCUT2D eigenvalue weighted by atomic mass is 15.3. The Labute approximate surface area is 122 Å². The van der Waals surface area contributed by atoms with Crippen molar-refractivity contribution in [3.8, 4) is 0 Å². The van der Waals surface area contributed by atoms with E-state index in [2.05, 4.69) is 40.8 Å². The molecule has 2 aliphatic rings. The van der Waals surface area contributed by atoms with Crippen LogP contribution in [0, 0.1) is 5.41 Å². The minimum Gasteiger partial charge on any atom is -0.341 e. The van der Waals surface area contributed by atoms with Crippen LogP contribution in [0.4, 0.5) is 5.95 Å². The van der Waals surface area contributed by atoms with Gasteiger partial charge in [-0.3, -0.25) is 0 Å². The lowest BCUT2D eigenvalue weighted by Gasteiger charge is -2.54. The zero-order valence-corrected chi connectivity index (χ0v) is 13.0. The van der Waals surface area contributed by atoms with E-state index in [1.807, 2.05) is 12.4 Å². The largest absolute Gasteiger partial charge is 0.341 e. The maximum atomic E-state index is 4.51. The summed E-state index contributed by atoms with van der Waals surface area (Å²) in [4.78, 5) is 13.8. The lowest BCUT2D eigenvalue weighted by molar-refractivity contribution is 0.00469. The first-order valence-electron chi connectivity index (χ1n) is 7.84. The van der Waals surface area contributed by atoms with E-state index in [9.17, 15) is 0 Å². The Hall–Kier alpha value is -1.16. The highest BCUT2D eigenvalue weighted by Crippen LogP contribution is 2.50. The molecule has 4 nitrogen and oxygen atoms in total. The van der Waals surface area contributed by atoms with Gasteiger partial charge in [0.05, 0.1) is 0 Å². The van der Waals surface area contributed by atoms with Crippen molar-refractivity contribution < 1.29 is 0 Å². The van der Waals surface area contributed by atoms with Gasteiger partial charge < -0.3 is 9.80 Å². The van der Waals surface area contributed by atoms with Gasteiger partial charge in [-0.15, -0.1) is 0 Å². The van der Waals surface area contributed by atoms with Gasteiger partial charge in [0.15, 0.2) is 0 Å². The molecule has 1 aromatic heterocycles. The van der Waals surface area contributed by atoms with Crippen LogP contribution in [0.2, 0.25) is 0 Å². The second-order valence-electron chi connectivity index (χ2n) is 6.76. The molecule has 1 aromatic rings. The SMILES string of the molecule is CCc1cnc(N2CCC3(CC2)CC(N(C)C)C3)nc1. The fourth-order valence-electron chi connectivity index (χ4n) is 3.59. The van der Waals surface area contributed by atoms with Crippen LogP contribution in [0.15, 0.2) is 12.4 Å². The first-order valence-corrected chi connectivity index (χ1v) is 7.84. The predicted octanol–water partition coefficient (Wildman–Crippen LogP) is 2.35. The van der Waals surface area contributed by atoms with Gasteiger partial charge in [0.2, 0.25) is 5.95 Å². The number of anilines is 1. The van der Waals surface area contributed by atoms with Crippen molar-refractivity contribution in [3.05, 3.63) is 18.0 Å². The van der Waals surface area contributed by atoms with Crippen LogP contribution >= 0.6 is 0 Å². The molecule has 0 unspecified atom stereocenters. The van der Waals surface area contributed by atoms with Crippen molar-refractivity contribution in [2.45, 2.75) is 45.1 Å². The Bertz CT molecular complexity index is 438. The average Bonchev–Trinajstić information content (AvgIpc) is 2.45. The van der Waals surface area contributed by atoms with Crippen LogP contribution < -0.4 is 4.90 Å². The van der Waals surface area contributed by atoms with Crippen LogP contribution in [0.3, 0.4) is 0 Å². The van der Waals surface area contributed by atoms with Crippen molar-refractivity contribution in [2.24, 2.45) is 5.41 Å². The molecule has 0 radical (unpaired) electrons. The first-order chi connectivity index (χ1) is 9.62. The van der Waals surface area contributed by atoms with E-state index in [0.29, 0.717) is 5.41 Å². The molecule has 1 spiro atoms. The zero-order valence-electron chi connectivity index (χ0n) is 13.0. The molecule has 0 aromatic carbocycles. The van der Waals surface area contributed by atoms with E-state index < -0.39 is 0 Å². The van der Waals surface area contributed by atoms with Gasteiger partial charge in [-0.05, 0) is 57.2 Å². The molecule has 1 aliphatic carbocycles. The maximum Gasteiger partial charge on any atom is 0.225 e. The second kappa shape index (κ2) is 5.32. The summed E-state index contributed by atoms with van der Waals surface area (Å²) in [5.74, 6) is 0.917. The van der Waals surface area contributed by atoms with Crippen LogP contribution in [0.1, 0.15) is 38.2 Å². The van der Waals surface area contributed by atoms with E-state index in [0.717, 1.165) is 31.5 Å². The number of aromatic nitrogens is 2. The third-order valence-corrected chi connectivity index (χ3v) is 5.27. The summed E-state index contributed by atoms with van der Waals surface area (Å²) in [6, 6.07) is 0.807. The fourth-order valence-corrected chi connectivity index (χ4v) is 3.59. The molecule has 1 saturated carbocycles. The van der Waals surface area contributed by atoms with Gasteiger partial charge >= 0.3 is 0 Å². The zero-order chi connectivity index (χ0) is 14.2. The smallest absolute Gasteiger partial charge is 0.225 e. The van der Waals surface area contributed by atoms with Crippen LogP contribution in [-0.4, -0.2) is 48.1 Å². The van der Waals surface area contributed by atoms with Gasteiger partial charge in [0.25, 0.3) is 0 Å². The number of nitrogens with zero attached hydrogens (tertiary/aromatic N) is 4. The number of hydrogen-bond donors (Lipinski definition) is 0. The van der Waals surface area contributed by atoms with E-state index in [1.165, 1.54) is 31.2 Å². The minimum absolute atomic E-state index is 0.620. The van der Waals surface area contributed by atoms with Gasteiger partial charge in [0.1, 0.15) is 0 Å². The molecule has 0 atom stereocenters. The van der Waals surface area contributed by atoms with Gasteiger partial charge in [0, 0.05) is 31.5 Å². The van der Waals surface area contributed by atoms with E-state index in [4.69, 9.17) is 0 Å². The Morgan fingerprint density at radius 3 is 2.30 bits per heavy atom. The molecule has 2 heterocycles. The third kappa shape index (κ3) is 2.53. The molecule has 4 heteroatoms. The van der Waals surface area contributed by atoms with E-state index in [1.54, 1.807) is 0 Å². The summed E-state index contributed by atoms with van der Waals surface area (Å²) < 4.78 is 0. The molecule has 3 rings (SSSR count). The Morgan fingerprint density at radius 2 is 1.80 bits per heavy atom. The number of aryl methyl sites for hydroxylation is 1. The number of piperidine rings is 1. The van der Waals surface area contributed by atoms with Crippen LogP contribution in [0.25, 0.3) is 0 Å². The molecule has 1 aliphatic heterocycles. The Balaban J connectivity index is 1.56. The molecule has 1 saturated heterocycles. The van der Waals surface area contributed by atoms with Crippen molar-refractivity contribution in [2.75, 3.05) is 32.1 Å². The number of rotatable bonds is 3. The summed E-state index contributed by atoms with van der Waals surface area (Å²) in [5, 5.41) is 0. The van der Waals surface area contributed by atoms with Crippen molar-refractivity contribution in [3.63, 3.8) is 0 Å². The maximum absolute atomic E-state index is 4.51. The van der Waals surface area contributed by atoms with Gasteiger partial charge in [-0.1, -0.05) is 6.92 Å². The van der Waals surface area contributed by atoms with Crippen molar-refractivity contribution in [1.29, 1.82) is 0 Å². The van der Waals surface area contributed by atoms with Gasteiger partial charge in [-0.2, -0.15) is 0 Å². The van der Waals surface area contributed by atoms with E-state index >= 15 is 0 Å². The van der Waals surface area contributed by atoms with Crippen molar-refractivity contribution >= 4 is 5.95 Å². The predicted molar refractivity (Wildman–Crippen MR) is 82.0 cm³/mol. The molecule has 20 heavy (non-hydrogen) atoms. The van der Waals surface area contributed by atoms with Crippen LogP contribution in [-0.2, 0) is 6.42 Å². The summed E-state index contributed by atoms with van der Waals surface area (Å²) in [7, 11) is 4.41. The highest BCUT2D eigenvalue weighted by Gasteiger charge is 2.46. The van der Waals surface area contributed by atoms with Crippen molar-refractivity contribution in [1.82, 2.24) is 14.9 Å².